The predicted octanol–water partition coefficient (Wildman–Crippen LogP) is 3.07. The number of hydrogen-bond donors (Lipinski definition) is 2. The zero-order chi connectivity index (χ0) is 14.5. The minimum Gasteiger partial charge on any atom is -0.495 e. The van der Waals surface area contributed by atoms with Crippen LogP contribution >= 0.6 is 0 Å². The Morgan fingerprint density at radius 3 is 2.70 bits per heavy atom. The summed E-state index contributed by atoms with van der Waals surface area (Å²) in [5, 5.41) is 12.4. The molecule has 2 rings (SSSR count). The molecule has 2 aromatic rings. The number of nitrogen functional groups attached to an aromatic ring is 1. The lowest BCUT2D eigenvalue weighted by Crippen LogP contribution is -2.03. The number of nitrogens with one attached hydrogen (secondary N) is 1. The Morgan fingerprint density at radius 1 is 1.25 bits per heavy atom. The first-order valence-electron chi connectivity index (χ1n) is 6.31. The molecule has 2 aromatic carbocycles. The van der Waals surface area contributed by atoms with Gasteiger partial charge in [-0.1, -0.05) is 12.1 Å². The predicted molar refractivity (Wildman–Crippen MR) is 80.6 cm³/mol. The van der Waals surface area contributed by atoms with E-state index in [1.54, 1.807) is 7.11 Å². The van der Waals surface area contributed by atoms with Gasteiger partial charge in [0.25, 0.3) is 0 Å². The molecule has 102 valence electrons. The van der Waals surface area contributed by atoms with E-state index in [-0.39, 0.29) is 0 Å². The topological polar surface area (TPSA) is 71.1 Å². The fourth-order valence-electron chi connectivity index (χ4n) is 1.99. The number of benzene rings is 2. The molecule has 0 aliphatic heterocycles. The van der Waals surface area contributed by atoms with Gasteiger partial charge in [0.05, 0.1) is 24.0 Å². The third-order valence-corrected chi connectivity index (χ3v) is 3.07. The van der Waals surface area contributed by atoms with E-state index in [0.717, 1.165) is 16.8 Å². The summed E-state index contributed by atoms with van der Waals surface area (Å²) >= 11 is 0. The van der Waals surface area contributed by atoms with Crippen LogP contribution in [0.2, 0.25) is 0 Å². The van der Waals surface area contributed by atoms with Crippen LogP contribution in [-0.4, -0.2) is 7.11 Å². The van der Waals surface area contributed by atoms with Crippen molar-refractivity contribution in [2.45, 2.75) is 13.5 Å². The van der Waals surface area contributed by atoms with Gasteiger partial charge in [-0.15, -0.1) is 0 Å². The molecule has 0 aliphatic rings. The molecule has 0 spiro atoms. The fourth-order valence-corrected chi connectivity index (χ4v) is 1.99. The van der Waals surface area contributed by atoms with Gasteiger partial charge in [0, 0.05) is 6.54 Å². The van der Waals surface area contributed by atoms with Crippen molar-refractivity contribution in [2.24, 2.45) is 0 Å². The zero-order valence-electron chi connectivity index (χ0n) is 11.6. The standard InChI is InChI=1S/C16H17N3O/c1-11-3-5-13(9-17)15(7-11)19-10-12-4-6-16(20-2)14(18)8-12/h3-8,19H,10,18H2,1-2H3. The molecule has 3 N–H and O–H groups in total. The Balaban J connectivity index is 2.15. The summed E-state index contributed by atoms with van der Waals surface area (Å²) in [6.45, 7) is 2.60. The van der Waals surface area contributed by atoms with Gasteiger partial charge in [0.1, 0.15) is 11.8 Å². The van der Waals surface area contributed by atoms with Crippen LogP contribution < -0.4 is 15.8 Å². The molecule has 4 nitrogen and oxygen atoms in total. The largest absolute Gasteiger partial charge is 0.495 e. The van der Waals surface area contributed by atoms with E-state index in [2.05, 4.69) is 11.4 Å². The molecule has 0 radical (unpaired) electrons. The molecule has 0 aliphatic carbocycles. The minimum absolute atomic E-state index is 0.603. The number of hydrogen-bond acceptors (Lipinski definition) is 4. The second kappa shape index (κ2) is 5.98. The van der Waals surface area contributed by atoms with Crippen molar-refractivity contribution in [3.8, 4) is 11.8 Å². The lowest BCUT2D eigenvalue weighted by molar-refractivity contribution is 0.417. The third kappa shape index (κ3) is 3.01. The van der Waals surface area contributed by atoms with Crippen molar-refractivity contribution in [3.05, 3.63) is 53.1 Å². The molecule has 0 saturated carbocycles. The molecule has 4 heteroatoms. The summed E-state index contributed by atoms with van der Waals surface area (Å²) in [7, 11) is 1.59. The first-order valence-corrected chi connectivity index (χ1v) is 6.31. The molecule has 0 bridgehead atoms. The summed E-state index contributed by atoms with van der Waals surface area (Å²) in [5.41, 5.74) is 10.1. The van der Waals surface area contributed by atoms with Crippen LogP contribution in [0.15, 0.2) is 36.4 Å². The van der Waals surface area contributed by atoms with Gasteiger partial charge in [-0.3, -0.25) is 0 Å². The van der Waals surface area contributed by atoms with Gasteiger partial charge < -0.3 is 15.8 Å². The van der Waals surface area contributed by atoms with Gasteiger partial charge >= 0.3 is 0 Å². The zero-order valence-corrected chi connectivity index (χ0v) is 11.6. The smallest absolute Gasteiger partial charge is 0.141 e. The highest BCUT2D eigenvalue weighted by Crippen LogP contribution is 2.23. The van der Waals surface area contributed by atoms with Gasteiger partial charge in [-0.25, -0.2) is 0 Å². The molecule has 0 amide bonds. The third-order valence-electron chi connectivity index (χ3n) is 3.07. The Labute approximate surface area is 118 Å². The van der Waals surface area contributed by atoms with Gasteiger partial charge in [0.15, 0.2) is 0 Å². The number of nitrogens with zero attached hydrogens (tertiary/aromatic N) is 1. The van der Waals surface area contributed by atoms with E-state index >= 15 is 0 Å². The molecule has 0 aromatic heterocycles. The summed E-state index contributed by atoms with van der Waals surface area (Å²) < 4.78 is 5.13. The van der Waals surface area contributed by atoms with Crippen LogP contribution in [-0.2, 0) is 6.54 Å². The second-order valence-electron chi connectivity index (χ2n) is 4.59. The Morgan fingerprint density at radius 2 is 2.05 bits per heavy atom. The first-order chi connectivity index (χ1) is 9.63. The van der Waals surface area contributed by atoms with Crippen LogP contribution in [0.25, 0.3) is 0 Å². The summed E-state index contributed by atoms with van der Waals surface area (Å²) in [6, 6.07) is 13.5. The van der Waals surface area contributed by atoms with Crippen LogP contribution in [0.5, 0.6) is 5.75 Å². The van der Waals surface area contributed by atoms with E-state index in [1.165, 1.54) is 0 Å². The van der Waals surface area contributed by atoms with Crippen LogP contribution in [0.1, 0.15) is 16.7 Å². The average molecular weight is 267 g/mol. The molecule has 20 heavy (non-hydrogen) atoms. The number of nitriles is 1. The molecule has 0 saturated heterocycles. The summed E-state index contributed by atoms with van der Waals surface area (Å²) in [6.07, 6.45) is 0. The maximum absolute atomic E-state index is 9.09. The summed E-state index contributed by atoms with van der Waals surface area (Å²) in [5.74, 6) is 0.669. The monoisotopic (exact) mass is 267 g/mol. The van der Waals surface area contributed by atoms with Crippen molar-refractivity contribution in [2.75, 3.05) is 18.2 Å². The number of rotatable bonds is 4. The van der Waals surface area contributed by atoms with E-state index in [1.807, 2.05) is 43.3 Å². The number of aryl methyl sites for hydroxylation is 1. The summed E-state index contributed by atoms with van der Waals surface area (Å²) in [4.78, 5) is 0. The Kier molecular flexibility index (Phi) is 4.11. The van der Waals surface area contributed by atoms with Crippen molar-refractivity contribution in [3.63, 3.8) is 0 Å². The SMILES string of the molecule is COc1ccc(CNc2cc(C)ccc2C#N)cc1N. The maximum atomic E-state index is 9.09. The van der Waals surface area contributed by atoms with E-state index < -0.39 is 0 Å². The number of anilines is 2. The van der Waals surface area contributed by atoms with Crippen LogP contribution in [0.3, 0.4) is 0 Å². The number of ether oxygens (including phenoxy) is 1. The lowest BCUT2D eigenvalue weighted by Gasteiger charge is -2.11. The van der Waals surface area contributed by atoms with Crippen molar-refractivity contribution >= 4 is 11.4 Å². The van der Waals surface area contributed by atoms with Crippen molar-refractivity contribution < 1.29 is 4.74 Å². The van der Waals surface area contributed by atoms with Crippen molar-refractivity contribution in [1.82, 2.24) is 0 Å². The Hall–Kier alpha value is -2.67. The van der Waals surface area contributed by atoms with Gasteiger partial charge in [0.2, 0.25) is 0 Å². The average Bonchev–Trinajstić information content (AvgIpc) is 2.45. The lowest BCUT2D eigenvalue weighted by atomic mass is 10.1. The highest BCUT2D eigenvalue weighted by Gasteiger charge is 2.04. The normalized spacial score (nSPS) is 9.85. The van der Waals surface area contributed by atoms with E-state index in [0.29, 0.717) is 23.5 Å². The Bertz CT molecular complexity index is 659. The molecule has 0 unspecified atom stereocenters. The highest BCUT2D eigenvalue weighted by molar-refractivity contribution is 5.60. The van der Waals surface area contributed by atoms with E-state index in [4.69, 9.17) is 15.7 Å². The number of nitrogens with two attached hydrogens (primary N) is 1. The highest BCUT2D eigenvalue weighted by atomic mass is 16.5. The van der Waals surface area contributed by atoms with Gasteiger partial charge in [-0.05, 0) is 42.3 Å². The van der Waals surface area contributed by atoms with Crippen LogP contribution in [0.4, 0.5) is 11.4 Å². The van der Waals surface area contributed by atoms with E-state index in [9.17, 15) is 0 Å². The molecular formula is C16H17N3O. The molecule has 0 atom stereocenters. The van der Waals surface area contributed by atoms with Gasteiger partial charge in [-0.2, -0.15) is 5.26 Å². The fraction of sp³-hybridized carbons (Fsp3) is 0.188. The number of methoxy groups -OCH3 is 1. The molecule has 0 heterocycles. The van der Waals surface area contributed by atoms with Crippen molar-refractivity contribution in [1.29, 1.82) is 5.26 Å². The second-order valence-corrected chi connectivity index (χ2v) is 4.59. The molecular weight excluding hydrogens is 250 g/mol. The quantitative estimate of drug-likeness (QED) is 0.835. The van der Waals surface area contributed by atoms with Crippen LogP contribution in [0, 0.1) is 18.3 Å². The first kappa shape index (κ1) is 13.8. The molecule has 0 fully saturated rings. The minimum atomic E-state index is 0.603. The maximum Gasteiger partial charge on any atom is 0.141 e.